The number of hydrogen-bond acceptors (Lipinski definition) is 4. The van der Waals surface area contributed by atoms with Crippen LogP contribution in [-0.4, -0.2) is 28.1 Å². The van der Waals surface area contributed by atoms with Crippen LogP contribution in [0.1, 0.15) is 24.6 Å². The maximum absolute atomic E-state index is 6.12. The van der Waals surface area contributed by atoms with Gasteiger partial charge >= 0.3 is 0 Å². The Balaban J connectivity index is 1.78. The highest BCUT2D eigenvalue weighted by Gasteiger charge is 2.03. The fourth-order valence-electron chi connectivity index (χ4n) is 1.89. The summed E-state index contributed by atoms with van der Waals surface area (Å²) < 4.78 is 7.45. The Hall–Kier alpha value is -1.59. The Bertz CT molecular complexity index is 571. The maximum Gasteiger partial charge on any atom is 0.137 e. The monoisotopic (exact) mass is 308 g/mol. The molecule has 0 radical (unpaired) electrons. The molecule has 114 valence electrons. The quantitative estimate of drug-likeness (QED) is 0.762. The van der Waals surface area contributed by atoms with E-state index in [4.69, 9.17) is 16.3 Å². The molecule has 21 heavy (non-hydrogen) atoms. The first-order valence-electron chi connectivity index (χ1n) is 7.17. The lowest BCUT2D eigenvalue weighted by Crippen LogP contribution is -2.14. The van der Waals surface area contributed by atoms with Crippen molar-refractivity contribution in [2.45, 2.75) is 33.4 Å². The van der Waals surface area contributed by atoms with Gasteiger partial charge in [-0.05, 0) is 37.6 Å². The third-order valence-corrected chi connectivity index (χ3v) is 3.28. The Kier molecular flexibility index (Phi) is 6.02. The number of hydrogen-bond donors (Lipinski definition) is 1. The minimum absolute atomic E-state index is 0.508. The van der Waals surface area contributed by atoms with Crippen molar-refractivity contribution in [3.05, 3.63) is 40.7 Å². The molecule has 0 atom stereocenters. The number of aryl methyl sites for hydroxylation is 1. The lowest BCUT2D eigenvalue weighted by molar-refractivity contribution is 0.290. The Morgan fingerprint density at radius 1 is 1.38 bits per heavy atom. The molecular formula is C15H21ClN4O. The highest BCUT2D eigenvalue weighted by atomic mass is 35.5. The van der Waals surface area contributed by atoms with Crippen LogP contribution in [-0.2, 0) is 13.1 Å². The molecule has 1 N–H and O–H groups in total. The van der Waals surface area contributed by atoms with Crippen LogP contribution < -0.4 is 10.1 Å². The second-order valence-electron chi connectivity index (χ2n) is 4.93. The van der Waals surface area contributed by atoms with E-state index in [9.17, 15) is 0 Å². The van der Waals surface area contributed by atoms with Crippen LogP contribution in [0, 0.1) is 6.92 Å². The standard InChI is InChI=1S/C15H21ClN4O/c1-3-6-17-10-13-11-20(19-18-13)7-8-21-15-5-4-12(2)9-14(15)16/h4-5,9,11,17H,3,6-8,10H2,1-2H3. The molecule has 6 heteroatoms. The van der Waals surface area contributed by atoms with Gasteiger partial charge < -0.3 is 10.1 Å². The minimum atomic E-state index is 0.508. The summed E-state index contributed by atoms with van der Waals surface area (Å²) in [4.78, 5) is 0. The van der Waals surface area contributed by atoms with Gasteiger partial charge in [0.1, 0.15) is 12.4 Å². The zero-order chi connectivity index (χ0) is 15.1. The number of nitrogens with zero attached hydrogens (tertiary/aromatic N) is 3. The van der Waals surface area contributed by atoms with Gasteiger partial charge in [-0.1, -0.05) is 29.8 Å². The van der Waals surface area contributed by atoms with Crippen molar-refractivity contribution in [2.24, 2.45) is 0 Å². The number of halogens is 1. The van der Waals surface area contributed by atoms with Crippen molar-refractivity contribution >= 4 is 11.6 Å². The van der Waals surface area contributed by atoms with E-state index in [1.165, 1.54) is 0 Å². The van der Waals surface area contributed by atoms with Crippen molar-refractivity contribution in [1.82, 2.24) is 20.3 Å². The van der Waals surface area contributed by atoms with Crippen LogP contribution in [0.15, 0.2) is 24.4 Å². The van der Waals surface area contributed by atoms with Crippen LogP contribution in [0.3, 0.4) is 0 Å². The number of ether oxygens (including phenoxy) is 1. The molecule has 1 aromatic heterocycles. The number of rotatable bonds is 8. The molecule has 0 bridgehead atoms. The van der Waals surface area contributed by atoms with Gasteiger partial charge in [0.15, 0.2) is 0 Å². The Morgan fingerprint density at radius 3 is 3.00 bits per heavy atom. The molecule has 0 fully saturated rings. The summed E-state index contributed by atoms with van der Waals surface area (Å²) in [6.07, 6.45) is 3.04. The lowest BCUT2D eigenvalue weighted by atomic mass is 10.2. The van der Waals surface area contributed by atoms with E-state index < -0.39 is 0 Å². The number of benzene rings is 1. The van der Waals surface area contributed by atoms with Crippen LogP contribution in [0.25, 0.3) is 0 Å². The summed E-state index contributed by atoms with van der Waals surface area (Å²) in [5.41, 5.74) is 2.06. The van der Waals surface area contributed by atoms with Crippen molar-refractivity contribution in [3.63, 3.8) is 0 Å². The zero-order valence-electron chi connectivity index (χ0n) is 12.5. The maximum atomic E-state index is 6.12. The summed E-state index contributed by atoms with van der Waals surface area (Å²) in [6.45, 7) is 7.02. The molecule has 0 saturated carbocycles. The Labute approximate surface area is 130 Å². The summed E-state index contributed by atoms with van der Waals surface area (Å²) >= 11 is 6.12. The SMILES string of the molecule is CCCNCc1cn(CCOc2ccc(C)cc2Cl)nn1. The summed E-state index contributed by atoms with van der Waals surface area (Å²) in [7, 11) is 0. The van der Waals surface area contributed by atoms with Crippen molar-refractivity contribution in [1.29, 1.82) is 0 Å². The van der Waals surface area contributed by atoms with E-state index >= 15 is 0 Å². The molecule has 0 saturated heterocycles. The van der Waals surface area contributed by atoms with Crippen LogP contribution in [0.2, 0.25) is 5.02 Å². The smallest absolute Gasteiger partial charge is 0.137 e. The molecule has 0 aliphatic carbocycles. The van der Waals surface area contributed by atoms with E-state index in [1.807, 2.05) is 31.3 Å². The number of aromatic nitrogens is 3. The zero-order valence-corrected chi connectivity index (χ0v) is 13.2. The van der Waals surface area contributed by atoms with Gasteiger partial charge in [-0.15, -0.1) is 5.10 Å². The predicted octanol–water partition coefficient (Wildman–Crippen LogP) is 2.82. The first kappa shape index (κ1) is 15.8. The van der Waals surface area contributed by atoms with Crippen LogP contribution in [0.4, 0.5) is 0 Å². The largest absolute Gasteiger partial charge is 0.490 e. The molecule has 5 nitrogen and oxygen atoms in total. The third kappa shape index (κ3) is 5.02. The second kappa shape index (κ2) is 8.00. The summed E-state index contributed by atoms with van der Waals surface area (Å²) in [5, 5.41) is 12.1. The molecular weight excluding hydrogens is 288 g/mol. The predicted molar refractivity (Wildman–Crippen MR) is 83.7 cm³/mol. The molecule has 1 heterocycles. The highest BCUT2D eigenvalue weighted by Crippen LogP contribution is 2.24. The third-order valence-electron chi connectivity index (χ3n) is 2.98. The fourth-order valence-corrected chi connectivity index (χ4v) is 2.18. The van der Waals surface area contributed by atoms with E-state index in [1.54, 1.807) is 4.68 Å². The highest BCUT2D eigenvalue weighted by molar-refractivity contribution is 6.32. The topological polar surface area (TPSA) is 52.0 Å². The van der Waals surface area contributed by atoms with Crippen molar-refractivity contribution in [3.8, 4) is 5.75 Å². The van der Waals surface area contributed by atoms with E-state index in [2.05, 4.69) is 22.6 Å². The van der Waals surface area contributed by atoms with Gasteiger partial charge in [0.25, 0.3) is 0 Å². The first-order chi connectivity index (χ1) is 10.2. The fraction of sp³-hybridized carbons (Fsp3) is 0.467. The van der Waals surface area contributed by atoms with Gasteiger partial charge in [-0.25, -0.2) is 4.68 Å². The van der Waals surface area contributed by atoms with Crippen molar-refractivity contribution < 1.29 is 4.74 Å². The van der Waals surface area contributed by atoms with Crippen LogP contribution >= 0.6 is 11.6 Å². The minimum Gasteiger partial charge on any atom is -0.490 e. The Morgan fingerprint density at radius 2 is 2.24 bits per heavy atom. The molecule has 0 amide bonds. The molecule has 0 spiro atoms. The van der Waals surface area contributed by atoms with Gasteiger partial charge in [-0.2, -0.15) is 0 Å². The van der Waals surface area contributed by atoms with Crippen LogP contribution in [0.5, 0.6) is 5.75 Å². The van der Waals surface area contributed by atoms with Gasteiger partial charge in [-0.3, -0.25) is 0 Å². The summed E-state index contributed by atoms with van der Waals surface area (Å²) in [6, 6.07) is 5.76. The van der Waals surface area contributed by atoms with Gasteiger partial charge in [0, 0.05) is 12.7 Å². The van der Waals surface area contributed by atoms with Gasteiger partial charge in [0.2, 0.25) is 0 Å². The average Bonchev–Trinajstić information content (AvgIpc) is 2.89. The molecule has 2 rings (SSSR count). The van der Waals surface area contributed by atoms with E-state index in [0.29, 0.717) is 23.9 Å². The van der Waals surface area contributed by atoms with E-state index in [0.717, 1.165) is 30.8 Å². The normalized spacial score (nSPS) is 10.8. The molecule has 1 aromatic carbocycles. The average molecular weight is 309 g/mol. The number of nitrogens with one attached hydrogen (secondary N) is 1. The lowest BCUT2D eigenvalue weighted by Gasteiger charge is -2.08. The summed E-state index contributed by atoms with van der Waals surface area (Å²) in [5.74, 6) is 0.701. The first-order valence-corrected chi connectivity index (χ1v) is 7.55. The van der Waals surface area contributed by atoms with Gasteiger partial charge in [0.05, 0.1) is 17.3 Å². The molecule has 2 aromatic rings. The molecule has 0 aliphatic rings. The molecule has 0 aliphatic heterocycles. The van der Waals surface area contributed by atoms with E-state index in [-0.39, 0.29) is 0 Å². The molecule has 0 unspecified atom stereocenters. The van der Waals surface area contributed by atoms with Crippen molar-refractivity contribution in [2.75, 3.05) is 13.2 Å². The second-order valence-corrected chi connectivity index (χ2v) is 5.34.